The summed E-state index contributed by atoms with van der Waals surface area (Å²) in [6.45, 7) is 9.36. The Hall–Kier alpha value is -1.51. The molecule has 1 unspecified atom stereocenters. The Bertz CT molecular complexity index is 287. The van der Waals surface area contributed by atoms with Crippen LogP contribution in [0.5, 0.6) is 0 Å². The second-order valence-corrected chi connectivity index (χ2v) is 3.51. The van der Waals surface area contributed by atoms with Gasteiger partial charge in [0, 0.05) is 11.6 Å². The summed E-state index contributed by atoms with van der Waals surface area (Å²) >= 11 is 0. The average Bonchev–Trinajstić information content (AvgIpc) is 2.21. The highest BCUT2D eigenvalue weighted by Crippen LogP contribution is 2.15. The van der Waals surface area contributed by atoms with Gasteiger partial charge in [-0.2, -0.15) is 0 Å². The molecule has 84 valence electrons. The summed E-state index contributed by atoms with van der Waals surface area (Å²) in [6, 6.07) is 0. The fourth-order valence-corrected chi connectivity index (χ4v) is 1.26. The zero-order valence-electron chi connectivity index (χ0n) is 9.80. The smallest absolute Gasteiger partial charge is 0.0721 e. The lowest BCUT2D eigenvalue weighted by Crippen LogP contribution is -2.22. The zero-order chi connectivity index (χ0) is 11.8. The fraction of sp³-hybridized carbons (Fsp3) is 0.417. The van der Waals surface area contributed by atoms with Crippen LogP contribution in [0.25, 0.3) is 0 Å². The van der Waals surface area contributed by atoms with E-state index in [1.165, 1.54) is 0 Å². The molecule has 0 spiro atoms. The van der Waals surface area contributed by atoms with Crippen molar-refractivity contribution in [3.8, 4) is 0 Å². The van der Waals surface area contributed by atoms with E-state index in [0.717, 1.165) is 12.1 Å². The molecule has 0 fully saturated rings. The standard InChI is InChI=1S/C12H21N3/c1-5-7-8-9(3)12(15-6-2)11(14)10(4)13/h5-7,9,13,15H,2,8,14H2,1,3-4H3/b7-5+,12-11-,13-10?. The first-order valence-corrected chi connectivity index (χ1v) is 5.08. The van der Waals surface area contributed by atoms with Crippen LogP contribution in [0.1, 0.15) is 27.2 Å². The number of nitrogens with one attached hydrogen (secondary N) is 2. The van der Waals surface area contributed by atoms with Crippen molar-refractivity contribution in [1.29, 1.82) is 5.41 Å². The zero-order valence-corrected chi connectivity index (χ0v) is 9.80. The van der Waals surface area contributed by atoms with E-state index < -0.39 is 0 Å². The quantitative estimate of drug-likeness (QED) is 0.463. The molecule has 0 radical (unpaired) electrons. The van der Waals surface area contributed by atoms with Crippen molar-refractivity contribution in [2.45, 2.75) is 27.2 Å². The van der Waals surface area contributed by atoms with Crippen LogP contribution in [0.3, 0.4) is 0 Å². The molecule has 0 saturated carbocycles. The number of allylic oxidation sites excluding steroid dienone is 4. The van der Waals surface area contributed by atoms with E-state index in [-0.39, 0.29) is 5.92 Å². The molecule has 0 aromatic heterocycles. The van der Waals surface area contributed by atoms with Crippen molar-refractivity contribution in [2.24, 2.45) is 11.7 Å². The van der Waals surface area contributed by atoms with E-state index >= 15 is 0 Å². The van der Waals surface area contributed by atoms with Gasteiger partial charge in [0.05, 0.1) is 11.4 Å². The molecule has 0 heterocycles. The van der Waals surface area contributed by atoms with Gasteiger partial charge in [-0.3, -0.25) is 0 Å². The highest BCUT2D eigenvalue weighted by Gasteiger charge is 2.11. The summed E-state index contributed by atoms with van der Waals surface area (Å²) < 4.78 is 0. The molecule has 0 saturated heterocycles. The van der Waals surface area contributed by atoms with E-state index in [1.807, 2.05) is 13.0 Å². The maximum atomic E-state index is 7.50. The van der Waals surface area contributed by atoms with E-state index in [4.69, 9.17) is 11.1 Å². The van der Waals surface area contributed by atoms with E-state index in [9.17, 15) is 0 Å². The minimum atomic E-state index is 0.263. The first kappa shape index (κ1) is 13.5. The molecule has 0 amide bonds. The molecule has 15 heavy (non-hydrogen) atoms. The molecule has 3 nitrogen and oxygen atoms in total. The van der Waals surface area contributed by atoms with Crippen molar-refractivity contribution >= 4 is 5.71 Å². The third-order valence-corrected chi connectivity index (χ3v) is 2.17. The van der Waals surface area contributed by atoms with Crippen LogP contribution in [0, 0.1) is 11.3 Å². The Morgan fingerprint density at radius 2 is 2.20 bits per heavy atom. The predicted molar refractivity (Wildman–Crippen MR) is 66.5 cm³/mol. The lowest BCUT2D eigenvalue weighted by molar-refractivity contribution is 0.647. The maximum Gasteiger partial charge on any atom is 0.0721 e. The summed E-state index contributed by atoms with van der Waals surface area (Å²) in [5.41, 5.74) is 7.60. The highest BCUT2D eigenvalue weighted by molar-refractivity contribution is 5.95. The highest BCUT2D eigenvalue weighted by atomic mass is 14.9. The molecule has 4 N–H and O–H groups in total. The molecule has 1 atom stereocenters. The van der Waals surface area contributed by atoms with Gasteiger partial charge < -0.3 is 16.5 Å². The summed E-state index contributed by atoms with van der Waals surface area (Å²) in [6.07, 6.45) is 6.59. The van der Waals surface area contributed by atoms with Gasteiger partial charge in [-0.15, -0.1) is 0 Å². The van der Waals surface area contributed by atoms with Crippen LogP contribution in [0.2, 0.25) is 0 Å². The number of nitrogens with two attached hydrogens (primary N) is 1. The maximum absolute atomic E-state index is 7.50. The largest absolute Gasteiger partial charge is 0.396 e. The van der Waals surface area contributed by atoms with E-state index in [2.05, 4.69) is 24.9 Å². The predicted octanol–water partition coefficient (Wildman–Crippen LogP) is 2.53. The molecular weight excluding hydrogens is 186 g/mol. The van der Waals surface area contributed by atoms with Crippen molar-refractivity contribution in [2.75, 3.05) is 0 Å². The normalized spacial score (nSPS) is 14.6. The monoisotopic (exact) mass is 207 g/mol. The molecule has 3 heteroatoms. The van der Waals surface area contributed by atoms with Crippen LogP contribution < -0.4 is 11.1 Å². The van der Waals surface area contributed by atoms with Crippen molar-refractivity contribution < 1.29 is 0 Å². The van der Waals surface area contributed by atoms with Crippen molar-refractivity contribution in [1.82, 2.24) is 5.32 Å². The van der Waals surface area contributed by atoms with Crippen molar-refractivity contribution in [3.63, 3.8) is 0 Å². The van der Waals surface area contributed by atoms with Crippen LogP contribution in [0.15, 0.2) is 36.3 Å². The third-order valence-electron chi connectivity index (χ3n) is 2.17. The van der Waals surface area contributed by atoms with Gasteiger partial charge in [-0.1, -0.05) is 25.7 Å². The first-order valence-electron chi connectivity index (χ1n) is 5.08. The summed E-state index contributed by atoms with van der Waals surface area (Å²) in [4.78, 5) is 0. The second kappa shape index (κ2) is 6.87. The summed E-state index contributed by atoms with van der Waals surface area (Å²) in [5.74, 6) is 0.263. The average molecular weight is 207 g/mol. The fourth-order valence-electron chi connectivity index (χ4n) is 1.26. The van der Waals surface area contributed by atoms with Gasteiger partial charge in [-0.05, 0) is 26.5 Å². The third kappa shape index (κ3) is 4.49. The summed E-state index contributed by atoms with van der Waals surface area (Å²) in [7, 11) is 0. The van der Waals surface area contributed by atoms with Gasteiger partial charge >= 0.3 is 0 Å². The Morgan fingerprint density at radius 3 is 2.60 bits per heavy atom. The van der Waals surface area contributed by atoms with Crippen LogP contribution in [-0.4, -0.2) is 5.71 Å². The lowest BCUT2D eigenvalue weighted by atomic mass is 10.0. The van der Waals surface area contributed by atoms with Crippen molar-refractivity contribution in [3.05, 3.63) is 36.3 Å². The molecular formula is C12H21N3. The topological polar surface area (TPSA) is 61.9 Å². The molecule has 0 aliphatic heterocycles. The van der Waals surface area contributed by atoms with E-state index in [1.54, 1.807) is 13.1 Å². The molecule has 0 aromatic carbocycles. The van der Waals surface area contributed by atoms with Gasteiger partial charge in [0.2, 0.25) is 0 Å². The molecule has 0 aromatic rings. The second-order valence-electron chi connectivity index (χ2n) is 3.51. The molecule has 0 aliphatic carbocycles. The van der Waals surface area contributed by atoms with Gasteiger partial charge in [0.1, 0.15) is 0 Å². The SMILES string of the molecule is C=CN/C(=C(\N)C(C)=N)C(C)C/C=C/C. The van der Waals surface area contributed by atoms with Crippen LogP contribution in [0.4, 0.5) is 0 Å². The van der Waals surface area contributed by atoms with Crippen LogP contribution >= 0.6 is 0 Å². The minimum Gasteiger partial charge on any atom is -0.396 e. The first-order chi connectivity index (χ1) is 7.04. The number of hydrogen-bond donors (Lipinski definition) is 3. The van der Waals surface area contributed by atoms with Gasteiger partial charge in [0.25, 0.3) is 0 Å². The molecule has 0 rings (SSSR count). The van der Waals surface area contributed by atoms with Gasteiger partial charge in [-0.25, -0.2) is 0 Å². The summed E-state index contributed by atoms with van der Waals surface area (Å²) in [5, 5.41) is 10.5. The Labute approximate surface area is 92.3 Å². The lowest BCUT2D eigenvalue weighted by Gasteiger charge is -2.17. The Kier molecular flexibility index (Phi) is 6.18. The molecule has 0 aliphatic rings. The Morgan fingerprint density at radius 1 is 1.60 bits per heavy atom. The van der Waals surface area contributed by atoms with Gasteiger partial charge in [0.15, 0.2) is 0 Å². The number of hydrogen-bond acceptors (Lipinski definition) is 3. The number of rotatable bonds is 6. The van der Waals surface area contributed by atoms with E-state index in [0.29, 0.717) is 11.4 Å². The van der Waals surface area contributed by atoms with Crippen LogP contribution in [-0.2, 0) is 0 Å². The Balaban J connectivity index is 4.86. The minimum absolute atomic E-state index is 0.263. The molecule has 0 bridgehead atoms.